The van der Waals surface area contributed by atoms with E-state index in [0.29, 0.717) is 6.54 Å². The van der Waals surface area contributed by atoms with Gasteiger partial charge in [-0.15, -0.1) is 0 Å². The minimum atomic E-state index is -2.93. The maximum atomic E-state index is 11.0. The van der Waals surface area contributed by atoms with Crippen LogP contribution in [-0.2, 0) is 9.84 Å². The number of aliphatic hydroxyl groups excluding tert-OH is 1. The third kappa shape index (κ3) is 6.12. The van der Waals surface area contributed by atoms with Gasteiger partial charge in [0.15, 0.2) is 0 Å². The zero-order chi connectivity index (χ0) is 12.3. The average molecular weight is 237 g/mol. The highest BCUT2D eigenvalue weighted by atomic mass is 32.2. The summed E-state index contributed by atoms with van der Waals surface area (Å²) in [5.74, 6) is 0.135. The van der Waals surface area contributed by atoms with Gasteiger partial charge in [-0.2, -0.15) is 0 Å². The van der Waals surface area contributed by atoms with Gasteiger partial charge in [-0.3, -0.25) is 4.90 Å². The van der Waals surface area contributed by atoms with Gasteiger partial charge in [-0.1, -0.05) is 20.8 Å². The Morgan fingerprint density at radius 3 is 2.07 bits per heavy atom. The molecule has 1 atom stereocenters. The van der Waals surface area contributed by atoms with Crippen molar-refractivity contribution in [1.29, 1.82) is 0 Å². The fourth-order valence-corrected chi connectivity index (χ4v) is 2.16. The zero-order valence-electron chi connectivity index (χ0n) is 10.3. The molecule has 15 heavy (non-hydrogen) atoms. The van der Waals surface area contributed by atoms with Crippen molar-refractivity contribution < 1.29 is 13.5 Å². The van der Waals surface area contributed by atoms with Crippen molar-refractivity contribution in [3.63, 3.8) is 0 Å². The summed E-state index contributed by atoms with van der Waals surface area (Å²) in [6.45, 7) is 6.60. The molecule has 0 aliphatic heterocycles. The summed E-state index contributed by atoms with van der Waals surface area (Å²) in [4.78, 5) is 1.90. The number of hydrogen-bond acceptors (Lipinski definition) is 4. The van der Waals surface area contributed by atoms with Gasteiger partial charge in [-0.25, -0.2) is 8.42 Å². The predicted molar refractivity (Wildman–Crippen MR) is 62.7 cm³/mol. The van der Waals surface area contributed by atoms with Crippen LogP contribution in [0.1, 0.15) is 20.8 Å². The maximum Gasteiger partial charge on any atom is 0.148 e. The Balaban J connectivity index is 4.36. The predicted octanol–water partition coefficient (Wildman–Crippen LogP) is 0.370. The normalized spacial score (nSPS) is 15.7. The molecule has 1 N–H and O–H groups in total. The molecule has 0 spiro atoms. The van der Waals surface area contributed by atoms with E-state index in [9.17, 15) is 13.5 Å². The maximum absolute atomic E-state index is 11.0. The molecule has 0 aliphatic carbocycles. The highest BCUT2D eigenvalue weighted by molar-refractivity contribution is 7.90. The topological polar surface area (TPSA) is 57.6 Å². The van der Waals surface area contributed by atoms with Gasteiger partial charge < -0.3 is 5.11 Å². The summed E-state index contributed by atoms with van der Waals surface area (Å²) in [7, 11) is -1.09. The highest BCUT2D eigenvalue weighted by Gasteiger charge is 2.27. The van der Waals surface area contributed by atoms with Crippen molar-refractivity contribution in [1.82, 2.24) is 4.90 Å². The molecule has 0 heterocycles. The Morgan fingerprint density at radius 2 is 1.80 bits per heavy atom. The first-order valence-corrected chi connectivity index (χ1v) is 7.13. The second kappa shape index (κ2) is 5.27. The summed E-state index contributed by atoms with van der Waals surface area (Å²) < 4.78 is 22.0. The average Bonchev–Trinajstić information content (AvgIpc) is 1.98. The van der Waals surface area contributed by atoms with Crippen LogP contribution in [-0.4, -0.2) is 56.7 Å². The summed E-state index contributed by atoms with van der Waals surface area (Å²) in [5.41, 5.74) is -0.0546. The first-order valence-electron chi connectivity index (χ1n) is 5.07. The molecule has 0 aromatic rings. The monoisotopic (exact) mass is 237 g/mol. The van der Waals surface area contributed by atoms with Crippen LogP contribution in [0.2, 0.25) is 0 Å². The molecule has 0 aliphatic rings. The van der Waals surface area contributed by atoms with Crippen molar-refractivity contribution in [2.45, 2.75) is 26.8 Å². The molecule has 0 saturated heterocycles. The minimum absolute atomic E-state index is 0.0146. The van der Waals surface area contributed by atoms with Crippen LogP contribution < -0.4 is 0 Å². The lowest BCUT2D eigenvalue weighted by Gasteiger charge is -2.36. The molecule has 0 saturated carbocycles. The Kier molecular flexibility index (Phi) is 5.23. The third-order valence-electron chi connectivity index (χ3n) is 2.52. The molecule has 4 nitrogen and oxygen atoms in total. The van der Waals surface area contributed by atoms with Crippen molar-refractivity contribution >= 4 is 9.84 Å². The first kappa shape index (κ1) is 14.9. The molecular weight excluding hydrogens is 214 g/mol. The fourth-order valence-electron chi connectivity index (χ4n) is 1.54. The van der Waals surface area contributed by atoms with Crippen LogP contribution in [0.3, 0.4) is 0 Å². The van der Waals surface area contributed by atoms with E-state index in [1.54, 1.807) is 0 Å². The lowest BCUT2D eigenvalue weighted by atomic mass is 9.86. The molecule has 5 heteroatoms. The van der Waals surface area contributed by atoms with Gasteiger partial charge in [0, 0.05) is 18.8 Å². The quantitative estimate of drug-likeness (QED) is 0.750. The van der Waals surface area contributed by atoms with Crippen LogP contribution in [0.5, 0.6) is 0 Å². The van der Waals surface area contributed by atoms with E-state index in [4.69, 9.17) is 0 Å². The number of rotatable bonds is 5. The van der Waals surface area contributed by atoms with E-state index < -0.39 is 9.84 Å². The molecule has 0 fully saturated rings. The molecular formula is C10H23NO3S. The number of likely N-dealkylation sites (N-methyl/N-ethyl adjacent to an activating group) is 1. The van der Waals surface area contributed by atoms with Crippen molar-refractivity contribution in [3.8, 4) is 0 Å². The van der Waals surface area contributed by atoms with E-state index in [1.807, 2.05) is 32.7 Å². The Hall–Kier alpha value is -0.130. The molecule has 92 valence electrons. The smallest absolute Gasteiger partial charge is 0.148 e. The van der Waals surface area contributed by atoms with Gasteiger partial charge in [0.1, 0.15) is 9.84 Å². The number of aliphatic hydroxyl groups is 1. The molecule has 0 rings (SSSR count). The summed E-state index contributed by atoms with van der Waals surface area (Å²) in [6.07, 6.45) is 1.23. The highest BCUT2D eigenvalue weighted by Crippen LogP contribution is 2.22. The van der Waals surface area contributed by atoms with Gasteiger partial charge in [-0.05, 0) is 12.5 Å². The van der Waals surface area contributed by atoms with E-state index in [-0.39, 0.29) is 23.8 Å². The Bertz CT molecular complexity index is 280. The van der Waals surface area contributed by atoms with Gasteiger partial charge >= 0.3 is 0 Å². The summed E-state index contributed by atoms with van der Waals surface area (Å²) >= 11 is 0. The van der Waals surface area contributed by atoms with Crippen LogP contribution in [0.15, 0.2) is 0 Å². The standard InChI is InChI=1S/C10H23NO3S/c1-10(2,3)9(8-12)11(4)6-7-15(5,13)14/h9,12H,6-8H2,1-5H3. The van der Waals surface area contributed by atoms with Crippen LogP contribution in [0.4, 0.5) is 0 Å². The third-order valence-corrected chi connectivity index (χ3v) is 3.44. The van der Waals surface area contributed by atoms with Gasteiger partial charge in [0.25, 0.3) is 0 Å². The van der Waals surface area contributed by atoms with Crippen molar-refractivity contribution in [3.05, 3.63) is 0 Å². The Morgan fingerprint density at radius 1 is 1.33 bits per heavy atom. The van der Waals surface area contributed by atoms with Crippen LogP contribution in [0.25, 0.3) is 0 Å². The minimum Gasteiger partial charge on any atom is -0.395 e. The van der Waals surface area contributed by atoms with Crippen LogP contribution in [0, 0.1) is 5.41 Å². The lowest BCUT2D eigenvalue weighted by Crippen LogP contribution is -2.46. The van der Waals surface area contributed by atoms with Crippen molar-refractivity contribution in [2.24, 2.45) is 5.41 Å². The van der Waals surface area contributed by atoms with Gasteiger partial charge in [0.05, 0.1) is 12.4 Å². The van der Waals surface area contributed by atoms with Gasteiger partial charge in [0.2, 0.25) is 0 Å². The first-order chi connectivity index (χ1) is 6.58. The number of nitrogens with zero attached hydrogens (tertiary/aromatic N) is 1. The molecule has 0 aromatic heterocycles. The molecule has 0 amide bonds. The largest absolute Gasteiger partial charge is 0.395 e. The lowest BCUT2D eigenvalue weighted by molar-refractivity contribution is 0.0703. The second-order valence-corrected chi connectivity index (χ2v) is 7.43. The van der Waals surface area contributed by atoms with Crippen LogP contribution >= 0.6 is 0 Å². The summed E-state index contributed by atoms with van der Waals surface area (Å²) in [5, 5.41) is 9.27. The van der Waals surface area contributed by atoms with E-state index in [2.05, 4.69) is 0 Å². The second-order valence-electron chi connectivity index (χ2n) is 5.17. The van der Waals surface area contributed by atoms with E-state index in [0.717, 1.165) is 0 Å². The number of sulfone groups is 1. The fraction of sp³-hybridized carbons (Fsp3) is 1.00. The molecule has 0 radical (unpaired) electrons. The van der Waals surface area contributed by atoms with E-state index in [1.165, 1.54) is 6.26 Å². The van der Waals surface area contributed by atoms with E-state index >= 15 is 0 Å². The molecule has 1 unspecified atom stereocenters. The number of hydrogen-bond donors (Lipinski definition) is 1. The SMILES string of the molecule is CN(CCS(C)(=O)=O)C(CO)C(C)(C)C. The zero-order valence-corrected chi connectivity index (χ0v) is 11.1. The van der Waals surface area contributed by atoms with Crippen molar-refractivity contribution in [2.75, 3.05) is 32.2 Å². The summed E-state index contributed by atoms with van der Waals surface area (Å²) in [6, 6.07) is -0.0146. The Labute approximate surface area is 93.2 Å². The molecule has 0 aromatic carbocycles. The molecule has 0 bridgehead atoms.